The van der Waals surface area contributed by atoms with Gasteiger partial charge in [0.2, 0.25) is 0 Å². The zero-order valence-electron chi connectivity index (χ0n) is 14.1. The van der Waals surface area contributed by atoms with E-state index in [0.29, 0.717) is 25.9 Å². The lowest BCUT2D eigenvalue weighted by Gasteiger charge is -2.18. The first-order valence-electron chi connectivity index (χ1n) is 8.16. The van der Waals surface area contributed by atoms with Gasteiger partial charge in [0.1, 0.15) is 12.4 Å². The van der Waals surface area contributed by atoms with Gasteiger partial charge in [-0.2, -0.15) is 5.26 Å². The van der Waals surface area contributed by atoms with Crippen LogP contribution in [0.3, 0.4) is 0 Å². The molecular weight excluding hydrogens is 336 g/mol. The Bertz CT molecular complexity index is 768. The summed E-state index contributed by atoms with van der Waals surface area (Å²) in [6.45, 7) is 0.678. The van der Waals surface area contributed by atoms with Crippen LogP contribution in [0.15, 0.2) is 36.7 Å². The molecule has 1 aromatic carbocycles. The molecule has 0 radical (unpaired) electrons. The maximum Gasteiger partial charge on any atom is 0.315 e. The van der Waals surface area contributed by atoms with Crippen LogP contribution in [0.4, 0.5) is 4.79 Å². The second-order valence-electron chi connectivity index (χ2n) is 5.66. The zero-order valence-corrected chi connectivity index (χ0v) is 14.1. The van der Waals surface area contributed by atoms with Crippen LogP contribution in [0.25, 0.3) is 0 Å². The van der Waals surface area contributed by atoms with Crippen LogP contribution in [-0.2, 0) is 17.8 Å². The summed E-state index contributed by atoms with van der Waals surface area (Å²) in [5.74, 6) is -0.823. The van der Waals surface area contributed by atoms with Crippen LogP contribution in [0.5, 0.6) is 0 Å². The number of carboxylic acids is 1. The van der Waals surface area contributed by atoms with E-state index in [1.807, 2.05) is 36.4 Å². The fourth-order valence-electron chi connectivity index (χ4n) is 2.40. The molecule has 9 heteroatoms. The number of carbonyl (C=O) groups is 2. The van der Waals surface area contributed by atoms with Crippen molar-refractivity contribution in [3.8, 4) is 6.07 Å². The van der Waals surface area contributed by atoms with Crippen LogP contribution >= 0.6 is 0 Å². The van der Waals surface area contributed by atoms with Crippen molar-refractivity contribution in [2.45, 2.75) is 31.8 Å². The third kappa shape index (κ3) is 6.60. The second kappa shape index (κ2) is 9.78. The summed E-state index contributed by atoms with van der Waals surface area (Å²) in [5.41, 5.74) is 1.02. The first-order valence-corrected chi connectivity index (χ1v) is 8.16. The Morgan fingerprint density at radius 3 is 2.73 bits per heavy atom. The molecule has 9 nitrogen and oxygen atoms in total. The SMILES string of the molecule is N#Cc1ncn(CCNC(=O)NC(CCC(=O)O)Cc2ccccc2)n1. The van der Waals surface area contributed by atoms with Crippen molar-refractivity contribution in [2.24, 2.45) is 0 Å². The predicted octanol–water partition coefficient (Wildman–Crippen LogP) is 0.925. The highest BCUT2D eigenvalue weighted by Gasteiger charge is 2.14. The number of benzene rings is 1. The number of hydrogen-bond donors (Lipinski definition) is 3. The van der Waals surface area contributed by atoms with Crippen molar-refractivity contribution in [1.29, 1.82) is 5.26 Å². The van der Waals surface area contributed by atoms with Crippen molar-refractivity contribution >= 4 is 12.0 Å². The van der Waals surface area contributed by atoms with Gasteiger partial charge in [0.05, 0.1) is 6.54 Å². The van der Waals surface area contributed by atoms with E-state index in [-0.39, 0.29) is 24.3 Å². The largest absolute Gasteiger partial charge is 0.481 e. The standard InChI is InChI=1S/C17H20N6O3/c18-11-15-20-12-23(22-15)9-8-19-17(26)21-14(6-7-16(24)25)10-13-4-2-1-3-5-13/h1-5,12,14H,6-10H2,(H,24,25)(H2,19,21,26). The first kappa shape index (κ1) is 18.9. The van der Waals surface area contributed by atoms with Gasteiger partial charge in [-0.05, 0) is 18.4 Å². The number of nitrogens with one attached hydrogen (secondary N) is 2. The molecule has 1 heterocycles. The summed E-state index contributed by atoms with van der Waals surface area (Å²) >= 11 is 0. The molecule has 0 saturated carbocycles. The predicted molar refractivity (Wildman–Crippen MR) is 92.1 cm³/mol. The molecule has 1 aromatic heterocycles. The molecule has 2 amide bonds. The monoisotopic (exact) mass is 356 g/mol. The van der Waals surface area contributed by atoms with E-state index in [2.05, 4.69) is 20.7 Å². The van der Waals surface area contributed by atoms with E-state index in [0.717, 1.165) is 5.56 Å². The third-order valence-corrected chi connectivity index (χ3v) is 3.63. The lowest BCUT2D eigenvalue weighted by atomic mass is 10.0. The molecule has 0 aliphatic heterocycles. The highest BCUT2D eigenvalue weighted by Crippen LogP contribution is 2.08. The molecule has 1 unspecified atom stereocenters. The Labute approximate surface area is 150 Å². The number of carbonyl (C=O) groups excluding carboxylic acids is 1. The molecule has 0 aliphatic carbocycles. The fraction of sp³-hybridized carbons (Fsp3) is 0.353. The van der Waals surface area contributed by atoms with Gasteiger partial charge in [0.15, 0.2) is 0 Å². The van der Waals surface area contributed by atoms with Crippen LogP contribution in [-0.4, -0.2) is 44.5 Å². The molecule has 1 atom stereocenters. The Morgan fingerprint density at radius 1 is 1.31 bits per heavy atom. The maximum atomic E-state index is 12.1. The van der Waals surface area contributed by atoms with Gasteiger partial charge in [0.25, 0.3) is 5.82 Å². The number of amides is 2. The van der Waals surface area contributed by atoms with Crippen molar-refractivity contribution in [2.75, 3.05) is 6.54 Å². The Hall–Kier alpha value is -3.41. The quantitative estimate of drug-likeness (QED) is 0.612. The van der Waals surface area contributed by atoms with E-state index in [4.69, 9.17) is 10.4 Å². The minimum absolute atomic E-state index is 0.0202. The normalized spacial score (nSPS) is 11.3. The van der Waals surface area contributed by atoms with Crippen LogP contribution in [0.1, 0.15) is 24.2 Å². The van der Waals surface area contributed by atoms with Gasteiger partial charge < -0.3 is 15.7 Å². The lowest BCUT2D eigenvalue weighted by molar-refractivity contribution is -0.137. The van der Waals surface area contributed by atoms with E-state index in [1.165, 1.54) is 11.0 Å². The summed E-state index contributed by atoms with van der Waals surface area (Å²) in [7, 11) is 0. The highest BCUT2D eigenvalue weighted by atomic mass is 16.4. The molecule has 136 valence electrons. The van der Waals surface area contributed by atoms with Gasteiger partial charge in [-0.25, -0.2) is 14.5 Å². The summed E-state index contributed by atoms with van der Waals surface area (Å²) in [6, 6.07) is 10.7. The van der Waals surface area contributed by atoms with Crippen LogP contribution < -0.4 is 10.6 Å². The molecular formula is C17H20N6O3. The molecule has 0 spiro atoms. The van der Waals surface area contributed by atoms with E-state index >= 15 is 0 Å². The van der Waals surface area contributed by atoms with Gasteiger partial charge in [0, 0.05) is 19.0 Å². The molecule has 26 heavy (non-hydrogen) atoms. The molecule has 0 saturated heterocycles. The van der Waals surface area contributed by atoms with E-state index in [9.17, 15) is 9.59 Å². The van der Waals surface area contributed by atoms with Crippen molar-refractivity contribution in [1.82, 2.24) is 25.4 Å². The average Bonchev–Trinajstić information content (AvgIpc) is 3.08. The van der Waals surface area contributed by atoms with Crippen molar-refractivity contribution in [3.63, 3.8) is 0 Å². The fourth-order valence-corrected chi connectivity index (χ4v) is 2.40. The van der Waals surface area contributed by atoms with E-state index < -0.39 is 5.97 Å². The molecule has 2 rings (SSSR count). The number of urea groups is 1. The van der Waals surface area contributed by atoms with Crippen molar-refractivity contribution in [3.05, 3.63) is 48.0 Å². The molecule has 0 fully saturated rings. The number of rotatable bonds is 9. The Balaban J connectivity index is 1.82. The van der Waals surface area contributed by atoms with Gasteiger partial charge in [-0.3, -0.25) is 4.79 Å². The highest BCUT2D eigenvalue weighted by molar-refractivity contribution is 5.74. The smallest absolute Gasteiger partial charge is 0.315 e. The Kier molecular flexibility index (Phi) is 7.12. The lowest BCUT2D eigenvalue weighted by Crippen LogP contribution is -2.44. The Morgan fingerprint density at radius 2 is 2.08 bits per heavy atom. The summed E-state index contributed by atoms with van der Waals surface area (Å²) in [5, 5.41) is 27.0. The number of hydrogen-bond acceptors (Lipinski definition) is 5. The topological polar surface area (TPSA) is 133 Å². The van der Waals surface area contributed by atoms with Gasteiger partial charge in [-0.1, -0.05) is 30.3 Å². The van der Waals surface area contributed by atoms with Crippen LogP contribution in [0, 0.1) is 11.3 Å². The molecule has 0 aliphatic rings. The van der Waals surface area contributed by atoms with Gasteiger partial charge >= 0.3 is 12.0 Å². The average molecular weight is 356 g/mol. The second-order valence-corrected chi connectivity index (χ2v) is 5.66. The minimum atomic E-state index is -0.898. The van der Waals surface area contributed by atoms with Crippen molar-refractivity contribution < 1.29 is 14.7 Å². The number of aliphatic carboxylic acids is 1. The third-order valence-electron chi connectivity index (χ3n) is 3.63. The zero-order chi connectivity index (χ0) is 18.8. The molecule has 0 bridgehead atoms. The summed E-state index contributed by atoms with van der Waals surface area (Å²) in [4.78, 5) is 26.7. The first-order chi connectivity index (χ1) is 12.6. The van der Waals surface area contributed by atoms with E-state index in [1.54, 1.807) is 0 Å². The maximum absolute atomic E-state index is 12.1. The molecule has 3 N–H and O–H groups in total. The summed E-state index contributed by atoms with van der Waals surface area (Å²) < 4.78 is 1.46. The van der Waals surface area contributed by atoms with Crippen LogP contribution in [0.2, 0.25) is 0 Å². The van der Waals surface area contributed by atoms with Gasteiger partial charge in [-0.15, -0.1) is 5.10 Å². The number of carboxylic acid groups (broad SMARTS) is 1. The number of nitriles is 1. The minimum Gasteiger partial charge on any atom is -0.481 e. The summed E-state index contributed by atoms with van der Waals surface area (Å²) in [6.07, 6.45) is 2.29. The number of nitrogens with zero attached hydrogens (tertiary/aromatic N) is 4. The molecule has 2 aromatic rings. The number of aromatic nitrogens is 3.